The van der Waals surface area contributed by atoms with E-state index in [2.05, 4.69) is 49.3 Å². The van der Waals surface area contributed by atoms with Gasteiger partial charge in [-0.2, -0.15) is 0 Å². The molecule has 4 heteroatoms. The van der Waals surface area contributed by atoms with Gasteiger partial charge in [0.15, 0.2) is 0 Å². The number of rotatable bonds is 5. The van der Waals surface area contributed by atoms with E-state index in [-0.39, 0.29) is 6.61 Å². The topological polar surface area (TPSA) is 12.5 Å². The summed E-state index contributed by atoms with van der Waals surface area (Å²) < 4.78 is 18.7. The first kappa shape index (κ1) is 14.9. The molecule has 0 aliphatic heterocycles. The number of nitrogens with zero attached hydrogens (tertiary/aromatic N) is 1. The first-order valence-corrected chi connectivity index (χ1v) is 8.00. The Balaban J connectivity index is 2.02. The highest BCUT2D eigenvalue weighted by molar-refractivity contribution is 7.22. The van der Waals surface area contributed by atoms with Gasteiger partial charge in [-0.15, -0.1) is 11.3 Å². The van der Waals surface area contributed by atoms with Crippen LogP contribution in [0.25, 0.3) is 20.5 Å². The number of anilines is 1. The van der Waals surface area contributed by atoms with Crippen molar-refractivity contribution in [2.24, 2.45) is 0 Å². The molecule has 114 valence electrons. The third-order valence-electron chi connectivity index (χ3n) is 3.49. The zero-order valence-corrected chi connectivity index (χ0v) is 13.5. The average molecular weight is 315 g/mol. The first-order valence-electron chi connectivity index (χ1n) is 7.18. The third kappa shape index (κ3) is 2.92. The average Bonchev–Trinajstić information content (AvgIpc) is 2.95. The van der Waals surface area contributed by atoms with E-state index < -0.39 is 6.67 Å². The van der Waals surface area contributed by atoms with Crippen LogP contribution in [0.15, 0.2) is 48.5 Å². The minimum absolute atomic E-state index is 0.104. The monoisotopic (exact) mass is 315 g/mol. The molecule has 1 aromatic heterocycles. The number of thiophene rings is 1. The van der Waals surface area contributed by atoms with Crippen LogP contribution in [0.3, 0.4) is 0 Å². The molecule has 0 radical (unpaired) electrons. The number of hydrogen-bond donors (Lipinski definition) is 0. The highest BCUT2D eigenvalue weighted by atomic mass is 32.1. The molecule has 2 aromatic carbocycles. The quantitative estimate of drug-likeness (QED) is 0.658. The molecule has 3 aromatic rings. The van der Waals surface area contributed by atoms with Crippen molar-refractivity contribution in [3.63, 3.8) is 0 Å². The second-order valence-corrected chi connectivity index (χ2v) is 6.34. The fraction of sp³-hybridized carbons (Fsp3) is 0.222. The summed E-state index contributed by atoms with van der Waals surface area (Å²) in [4.78, 5) is 3.34. The van der Waals surface area contributed by atoms with Crippen LogP contribution in [0.4, 0.5) is 10.1 Å². The number of hydrogen-bond acceptors (Lipinski definition) is 3. The van der Waals surface area contributed by atoms with E-state index in [1.165, 1.54) is 21.5 Å². The lowest BCUT2D eigenvalue weighted by molar-refractivity contribution is 0.273. The molecule has 0 amide bonds. The van der Waals surface area contributed by atoms with Gasteiger partial charge >= 0.3 is 0 Å². The van der Waals surface area contributed by atoms with Crippen molar-refractivity contribution in [3.8, 4) is 16.2 Å². The predicted molar refractivity (Wildman–Crippen MR) is 93.1 cm³/mol. The second-order valence-electron chi connectivity index (χ2n) is 5.26. The standard InChI is InChI=1S/C18H18FNOS/c1-20(2)16-6-4-3-5-15(16)18-11-13-7-8-14(21-10-9-19)12-17(13)22-18/h3-8,11-12H,9-10H2,1-2H3. The van der Waals surface area contributed by atoms with E-state index in [0.717, 1.165) is 10.4 Å². The number of benzene rings is 2. The fourth-order valence-electron chi connectivity index (χ4n) is 2.46. The SMILES string of the molecule is CN(C)c1ccccc1-c1cc2ccc(OCCF)cc2s1. The molecule has 0 saturated heterocycles. The van der Waals surface area contributed by atoms with E-state index in [1.807, 2.05) is 18.2 Å². The van der Waals surface area contributed by atoms with Crippen LogP contribution >= 0.6 is 11.3 Å². The lowest BCUT2D eigenvalue weighted by atomic mass is 10.1. The van der Waals surface area contributed by atoms with Crippen molar-refractivity contribution >= 4 is 27.1 Å². The molecule has 0 bridgehead atoms. The van der Waals surface area contributed by atoms with Gasteiger partial charge in [0.1, 0.15) is 19.0 Å². The molecular weight excluding hydrogens is 297 g/mol. The molecule has 0 spiro atoms. The van der Waals surface area contributed by atoms with Gasteiger partial charge in [-0.05, 0) is 35.7 Å². The van der Waals surface area contributed by atoms with Gasteiger partial charge in [0.2, 0.25) is 0 Å². The number of fused-ring (bicyclic) bond motifs is 1. The van der Waals surface area contributed by atoms with Gasteiger partial charge < -0.3 is 9.64 Å². The molecule has 0 aliphatic rings. The number of ether oxygens (including phenoxy) is 1. The van der Waals surface area contributed by atoms with Gasteiger partial charge in [0, 0.05) is 34.9 Å². The van der Waals surface area contributed by atoms with E-state index >= 15 is 0 Å². The Hall–Kier alpha value is -2.07. The van der Waals surface area contributed by atoms with Crippen molar-refractivity contribution in [2.45, 2.75) is 0 Å². The van der Waals surface area contributed by atoms with Gasteiger partial charge in [0.25, 0.3) is 0 Å². The van der Waals surface area contributed by atoms with E-state index in [9.17, 15) is 4.39 Å². The van der Waals surface area contributed by atoms with Crippen molar-refractivity contribution in [3.05, 3.63) is 48.5 Å². The molecule has 22 heavy (non-hydrogen) atoms. The summed E-state index contributed by atoms with van der Waals surface area (Å²) in [6, 6.07) is 16.5. The smallest absolute Gasteiger partial charge is 0.123 e. The molecular formula is C18H18FNOS. The lowest BCUT2D eigenvalue weighted by Gasteiger charge is -2.16. The van der Waals surface area contributed by atoms with Crippen molar-refractivity contribution < 1.29 is 9.13 Å². The molecule has 2 nitrogen and oxygen atoms in total. The fourth-order valence-corrected chi connectivity index (χ4v) is 3.59. The highest BCUT2D eigenvalue weighted by Crippen LogP contribution is 2.39. The maximum atomic E-state index is 12.2. The summed E-state index contributed by atoms with van der Waals surface area (Å²) in [6.45, 7) is -0.364. The highest BCUT2D eigenvalue weighted by Gasteiger charge is 2.10. The largest absolute Gasteiger partial charge is 0.491 e. The molecule has 0 atom stereocenters. The van der Waals surface area contributed by atoms with E-state index in [1.54, 1.807) is 11.3 Å². The van der Waals surface area contributed by atoms with Crippen LogP contribution < -0.4 is 9.64 Å². The number of alkyl halides is 1. The van der Waals surface area contributed by atoms with Gasteiger partial charge in [0.05, 0.1) is 0 Å². The lowest BCUT2D eigenvalue weighted by Crippen LogP contribution is -2.09. The summed E-state index contributed by atoms with van der Waals surface area (Å²) in [5.74, 6) is 0.722. The van der Waals surface area contributed by atoms with Gasteiger partial charge in [-0.1, -0.05) is 18.2 Å². The Morgan fingerprint density at radius 2 is 1.91 bits per heavy atom. The zero-order valence-electron chi connectivity index (χ0n) is 12.7. The minimum Gasteiger partial charge on any atom is -0.491 e. The van der Waals surface area contributed by atoms with Crippen molar-refractivity contribution in [1.82, 2.24) is 0 Å². The maximum Gasteiger partial charge on any atom is 0.123 e. The van der Waals surface area contributed by atoms with Crippen LogP contribution in [0, 0.1) is 0 Å². The summed E-state index contributed by atoms with van der Waals surface area (Å²) in [6.07, 6.45) is 0. The summed E-state index contributed by atoms with van der Waals surface area (Å²) in [5.41, 5.74) is 2.42. The predicted octanol–water partition coefficient (Wildman–Crippen LogP) is 4.98. The van der Waals surface area contributed by atoms with E-state index in [0.29, 0.717) is 0 Å². The van der Waals surface area contributed by atoms with Crippen LogP contribution in [0.1, 0.15) is 0 Å². The molecule has 0 unspecified atom stereocenters. The summed E-state index contributed by atoms with van der Waals surface area (Å²) >= 11 is 1.73. The van der Waals surface area contributed by atoms with Crippen molar-refractivity contribution in [1.29, 1.82) is 0 Å². The van der Waals surface area contributed by atoms with Crippen LogP contribution in [0.5, 0.6) is 5.75 Å². The number of halogens is 1. The third-order valence-corrected chi connectivity index (χ3v) is 4.62. The summed E-state index contributed by atoms with van der Waals surface area (Å²) in [5, 5.41) is 1.18. The Morgan fingerprint density at radius 1 is 1.09 bits per heavy atom. The van der Waals surface area contributed by atoms with Crippen LogP contribution in [0.2, 0.25) is 0 Å². The molecule has 0 aliphatic carbocycles. The molecule has 0 fully saturated rings. The Kier molecular flexibility index (Phi) is 4.29. The van der Waals surface area contributed by atoms with Crippen LogP contribution in [-0.2, 0) is 0 Å². The van der Waals surface area contributed by atoms with E-state index in [4.69, 9.17) is 4.74 Å². The number of para-hydroxylation sites is 1. The molecule has 1 heterocycles. The minimum atomic E-state index is -0.468. The van der Waals surface area contributed by atoms with Gasteiger partial charge in [-0.25, -0.2) is 4.39 Å². The van der Waals surface area contributed by atoms with Crippen molar-refractivity contribution in [2.75, 3.05) is 32.3 Å². The molecule has 3 rings (SSSR count). The molecule has 0 N–H and O–H groups in total. The summed E-state index contributed by atoms with van der Waals surface area (Å²) in [7, 11) is 4.10. The first-order chi connectivity index (χ1) is 10.7. The Bertz CT molecular complexity index is 782. The second kappa shape index (κ2) is 6.36. The molecule has 0 saturated carbocycles. The maximum absolute atomic E-state index is 12.2. The normalized spacial score (nSPS) is 10.9. The zero-order chi connectivity index (χ0) is 15.5. The Labute approximate surface area is 133 Å². The van der Waals surface area contributed by atoms with Gasteiger partial charge in [-0.3, -0.25) is 0 Å². The van der Waals surface area contributed by atoms with Crippen LogP contribution in [-0.4, -0.2) is 27.4 Å². The Morgan fingerprint density at radius 3 is 2.68 bits per heavy atom.